The summed E-state index contributed by atoms with van der Waals surface area (Å²) in [6, 6.07) is 2.67. The quantitative estimate of drug-likeness (QED) is 0.801. The van der Waals surface area contributed by atoms with Gasteiger partial charge in [-0.1, -0.05) is 0 Å². The number of ether oxygens (including phenoxy) is 2. The lowest BCUT2D eigenvalue weighted by Crippen LogP contribution is -2.12. The van der Waals surface area contributed by atoms with Gasteiger partial charge in [-0.25, -0.2) is 8.78 Å². The molecule has 0 radical (unpaired) electrons. The van der Waals surface area contributed by atoms with Crippen LogP contribution in [0.5, 0.6) is 11.5 Å². The van der Waals surface area contributed by atoms with E-state index in [1.807, 2.05) is 0 Å². The van der Waals surface area contributed by atoms with Crippen LogP contribution in [0.25, 0.3) is 0 Å². The summed E-state index contributed by atoms with van der Waals surface area (Å²) in [6.07, 6.45) is -3.06. The van der Waals surface area contributed by atoms with Crippen LogP contribution >= 0.6 is 15.9 Å². The molecule has 1 aromatic carbocycles. The van der Waals surface area contributed by atoms with E-state index in [9.17, 15) is 13.6 Å². The molecule has 3 nitrogen and oxygen atoms in total. The average Bonchev–Trinajstić information content (AvgIpc) is 2.27. The van der Waals surface area contributed by atoms with Crippen molar-refractivity contribution in [1.29, 1.82) is 0 Å². The Kier molecular flexibility index (Phi) is 4.23. The van der Waals surface area contributed by atoms with Crippen LogP contribution in [0.4, 0.5) is 8.78 Å². The fourth-order valence-electron chi connectivity index (χ4n) is 1.21. The van der Waals surface area contributed by atoms with E-state index in [4.69, 9.17) is 9.47 Å². The maximum atomic E-state index is 12.3. The summed E-state index contributed by atoms with van der Waals surface area (Å²) in [5.74, 6) is -0.826. The molecule has 0 bridgehead atoms. The van der Waals surface area contributed by atoms with E-state index in [-0.39, 0.29) is 11.3 Å². The van der Waals surface area contributed by atoms with Gasteiger partial charge in [-0.3, -0.25) is 4.79 Å². The number of benzene rings is 1. The maximum Gasteiger partial charge on any atom is 0.300 e. The third-order valence-electron chi connectivity index (χ3n) is 1.95. The van der Waals surface area contributed by atoms with Crippen LogP contribution in [0.15, 0.2) is 16.6 Å². The van der Waals surface area contributed by atoms with E-state index >= 15 is 0 Å². The standard InChI is InChI=1S/C10H9BrF2O3/c1-15-6-4-3-5(8(14)10(12)13)9(16-2)7(6)11/h3-4,10H,1-2H3. The minimum Gasteiger partial charge on any atom is -0.495 e. The first-order valence-corrected chi connectivity index (χ1v) is 5.05. The Morgan fingerprint density at radius 3 is 2.38 bits per heavy atom. The fraction of sp³-hybridized carbons (Fsp3) is 0.300. The molecular weight excluding hydrogens is 286 g/mol. The summed E-state index contributed by atoms with van der Waals surface area (Å²) in [6.45, 7) is 0. The molecule has 0 saturated carbocycles. The second kappa shape index (κ2) is 5.25. The van der Waals surface area contributed by atoms with E-state index < -0.39 is 12.2 Å². The number of hydrogen-bond acceptors (Lipinski definition) is 3. The van der Waals surface area contributed by atoms with E-state index in [2.05, 4.69) is 15.9 Å². The monoisotopic (exact) mass is 294 g/mol. The van der Waals surface area contributed by atoms with Crippen LogP contribution in [0.1, 0.15) is 10.4 Å². The molecule has 0 atom stereocenters. The Balaban J connectivity index is 3.31. The minimum atomic E-state index is -3.06. The van der Waals surface area contributed by atoms with Crippen LogP contribution in [0.2, 0.25) is 0 Å². The molecular formula is C10H9BrF2O3. The predicted octanol–water partition coefficient (Wildman–Crippen LogP) is 2.91. The molecule has 0 heterocycles. The van der Waals surface area contributed by atoms with Crippen LogP contribution < -0.4 is 9.47 Å². The van der Waals surface area contributed by atoms with Gasteiger partial charge in [0.05, 0.1) is 19.8 Å². The van der Waals surface area contributed by atoms with Gasteiger partial charge in [0, 0.05) is 0 Å². The van der Waals surface area contributed by atoms with E-state index in [0.717, 1.165) is 0 Å². The summed E-state index contributed by atoms with van der Waals surface area (Å²) >= 11 is 3.12. The van der Waals surface area contributed by atoms with Crippen molar-refractivity contribution < 1.29 is 23.0 Å². The fourth-order valence-corrected chi connectivity index (χ4v) is 1.88. The summed E-state index contributed by atoms with van der Waals surface area (Å²) in [5.41, 5.74) is -0.176. The lowest BCUT2D eigenvalue weighted by molar-refractivity contribution is 0.0675. The smallest absolute Gasteiger partial charge is 0.300 e. The van der Waals surface area contributed by atoms with Crippen molar-refractivity contribution in [1.82, 2.24) is 0 Å². The predicted molar refractivity (Wildman–Crippen MR) is 57.6 cm³/mol. The first-order valence-electron chi connectivity index (χ1n) is 4.25. The number of ketones is 1. The third-order valence-corrected chi connectivity index (χ3v) is 2.70. The minimum absolute atomic E-state index is 0.0460. The second-order valence-electron chi connectivity index (χ2n) is 2.83. The zero-order valence-corrected chi connectivity index (χ0v) is 10.2. The van der Waals surface area contributed by atoms with Crippen LogP contribution in [0, 0.1) is 0 Å². The number of carbonyl (C=O) groups is 1. The highest BCUT2D eigenvalue weighted by atomic mass is 79.9. The average molecular weight is 295 g/mol. The first-order chi connectivity index (χ1) is 7.52. The first kappa shape index (κ1) is 12.9. The highest BCUT2D eigenvalue weighted by Crippen LogP contribution is 2.37. The van der Waals surface area contributed by atoms with Gasteiger partial charge >= 0.3 is 6.43 Å². The zero-order chi connectivity index (χ0) is 12.3. The van der Waals surface area contributed by atoms with Crippen molar-refractivity contribution in [3.8, 4) is 11.5 Å². The molecule has 0 aliphatic rings. The Morgan fingerprint density at radius 1 is 1.31 bits per heavy atom. The van der Waals surface area contributed by atoms with Gasteiger partial charge in [-0.2, -0.15) is 0 Å². The van der Waals surface area contributed by atoms with Crippen LogP contribution in [-0.4, -0.2) is 26.4 Å². The van der Waals surface area contributed by atoms with Crippen molar-refractivity contribution in [2.75, 3.05) is 14.2 Å². The van der Waals surface area contributed by atoms with Gasteiger partial charge in [0.2, 0.25) is 5.78 Å². The van der Waals surface area contributed by atoms with Gasteiger partial charge in [0.1, 0.15) is 16.0 Å². The summed E-state index contributed by atoms with van der Waals surface area (Å²) in [7, 11) is 2.72. The Hall–Kier alpha value is -1.17. The van der Waals surface area contributed by atoms with Gasteiger partial charge < -0.3 is 9.47 Å². The molecule has 0 aliphatic carbocycles. The zero-order valence-electron chi connectivity index (χ0n) is 8.59. The van der Waals surface area contributed by atoms with Crippen LogP contribution in [-0.2, 0) is 0 Å². The highest BCUT2D eigenvalue weighted by Gasteiger charge is 2.24. The molecule has 0 unspecified atom stereocenters. The molecule has 88 valence electrons. The number of halogens is 3. The van der Waals surface area contributed by atoms with Gasteiger partial charge in [-0.15, -0.1) is 0 Å². The van der Waals surface area contributed by atoms with Crippen molar-refractivity contribution in [3.63, 3.8) is 0 Å². The van der Waals surface area contributed by atoms with Gasteiger partial charge in [0.25, 0.3) is 0 Å². The Labute approximate surface area is 99.5 Å². The molecule has 0 aliphatic heterocycles. The molecule has 1 rings (SSSR count). The van der Waals surface area contributed by atoms with Gasteiger partial charge in [0.15, 0.2) is 0 Å². The molecule has 6 heteroatoms. The molecule has 0 amide bonds. The molecule has 0 N–H and O–H groups in total. The lowest BCUT2D eigenvalue weighted by Gasteiger charge is -2.12. The SMILES string of the molecule is COc1ccc(C(=O)C(F)F)c(OC)c1Br. The number of hydrogen-bond donors (Lipinski definition) is 0. The van der Waals surface area contributed by atoms with E-state index in [1.165, 1.54) is 26.4 Å². The van der Waals surface area contributed by atoms with Crippen molar-refractivity contribution in [3.05, 3.63) is 22.2 Å². The van der Waals surface area contributed by atoms with Crippen LogP contribution in [0.3, 0.4) is 0 Å². The lowest BCUT2D eigenvalue weighted by atomic mass is 10.1. The molecule has 0 aromatic heterocycles. The van der Waals surface area contributed by atoms with Gasteiger partial charge in [-0.05, 0) is 28.1 Å². The van der Waals surface area contributed by atoms with E-state index in [1.54, 1.807) is 0 Å². The van der Waals surface area contributed by atoms with Crippen molar-refractivity contribution in [2.45, 2.75) is 6.43 Å². The topological polar surface area (TPSA) is 35.5 Å². The molecule has 0 spiro atoms. The number of alkyl halides is 2. The second-order valence-corrected chi connectivity index (χ2v) is 3.62. The maximum absolute atomic E-state index is 12.3. The summed E-state index contributed by atoms with van der Waals surface area (Å²) in [4.78, 5) is 11.2. The van der Waals surface area contributed by atoms with E-state index in [0.29, 0.717) is 10.2 Å². The Bertz CT molecular complexity index is 407. The number of Topliss-reactive ketones (excluding diaryl/α,β-unsaturated/α-hetero) is 1. The number of methoxy groups -OCH3 is 2. The van der Waals surface area contributed by atoms with Crippen molar-refractivity contribution >= 4 is 21.7 Å². The largest absolute Gasteiger partial charge is 0.495 e. The Morgan fingerprint density at radius 2 is 1.94 bits per heavy atom. The molecule has 16 heavy (non-hydrogen) atoms. The number of carbonyl (C=O) groups excluding carboxylic acids is 1. The highest BCUT2D eigenvalue weighted by molar-refractivity contribution is 9.10. The summed E-state index contributed by atoms with van der Waals surface area (Å²) in [5, 5.41) is 0. The summed E-state index contributed by atoms with van der Waals surface area (Å²) < 4.78 is 34.8. The van der Waals surface area contributed by atoms with Crippen molar-refractivity contribution in [2.24, 2.45) is 0 Å². The molecule has 1 aromatic rings. The molecule has 0 saturated heterocycles. The third kappa shape index (κ3) is 2.32. The number of rotatable bonds is 4. The molecule has 0 fully saturated rings. The normalized spacial score (nSPS) is 10.4.